The van der Waals surface area contributed by atoms with Crippen LogP contribution in [0.25, 0.3) is 22.3 Å². The molecule has 2 aliphatic rings. The number of carbonyl (C=O) groups excluding carboxylic acids is 1. The monoisotopic (exact) mass is 606 g/mol. The first-order valence-corrected chi connectivity index (χ1v) is 14.2. The number of pyridine rings is 3. The molecule has 1 fully saturated rings. The molecule has 1 atom stereocenters. The van der Waals surface area contributed by atoms with Crippen molar-refractivity contribution < 1.29 is 41.7 Å². The zero-order valence-corrected chi connectivity index (χ0v) is 22.9. The highest BCUT2D eigenvalue weighted by molar-refractivity contribution is 7.92. The molecule has 9 nitrogen and oxygen atoms in total. The number of sulfone groups is 1. The van der Waals surface area contributed by atoms with E-state index in [0.717, 1.165) is 17.5 Å². The predicted molar refractivity (Wildman–Crippen MR) is 145 cm³/mol. The lowest BCUT2D eigenvalue weighted by atomic mass is 10.1. The molecule has 3 aromatic heterocycles. The van der Waals surface area contributed by atoms with E-state index in [4.69, 9.17) is 9.47 Å². The molecule has 4 heterocycles. The molecule has 0 unspecified atom stereocenters. The van der Waals surface area contributed by atoms with E-state index in [0.29, 0.717) is 28.3 Å². The van der Waals surface area contributed by atoms with Crippen LogP contribution in [0.3, 0.4) is 0 Å². The van der Waals surface area contributed by atoms with Gasteiger partial charge in [-0.05, 0) is 42.5 Å². The first-order valence-electron chi connectivity index (χ1n) is 12.7. The maximum atomic E-state index is 14.6. The molecule has 222 valence electrons. The molecule has 1 aromatic carbocycles. The number of ether oxygens (including phenoxy) is 2. The number of hydrogen-bond donors (Lipinski definition) is 1. The number of alkyl halides is 3. The van der Waals surface area contributed by atoms with Gasteiger partial charge in [0.15, 0.2) is 0 Å². The van der Waals surface area contributed by atoms with Gasteiger partial charge in [-0.15, -0.1) is 0 Å². The van der Waals surface area contributed by atoms with Gasteiger partial charge in [-0.25, -0.2) is 31.0 Å². The standard InChI is InChI=1S/C25H20F2N4O5S.C3H4F2.H2/c1-35-17-3-5-20(29-11-17)21-4-2-14-9-28-16(8-22(14)31-21)10-30-25(32)15-6-19(26)18-12-36-13-24(27)37(33,34)23(18)7-15;4-3(5)1-2-3;/h2-9,11,24H,10,12-13H2,1H3,(H,30,32);1-2H2;1H/t24-;;/m1../s1. The highest BCUT2D eigenvalue weighted by atomic mass is 32.2. The fourth-order valence-corrected chi connectivity index (χ4v) is 5.28. The molecule has 1 aliphatic heterocycles. The van der Waals surface area contributed by atoms with Crippen LogP contribution < -0.4 is 10.1 Å². The number of hydrogen-bond acceptors (Lipinski definition) is 8. The van der Waals surface area contributed by atoms with Crippen LogP contribution in [-0.2, 0) is 27.7 Å². The van der Waals surface area contributed by atoms with E-state index in [1.807, 2.05) is 12.1 Å². The Morgan fingerprint density at radius 2 is 1.86 bits per heavy atom. The van der Waals surface area contributed by atoms with Crippen LogP contribution in [0.5, 0.6) is 5.75 Å². The van der Waals surface area contributed by atoms with E-state index >= 15 is 0 Å². The van der Waals surface area contributed by atoms with Gasteiger partial charge < -0.3 is 14.8 Å². The van der Waals surface area contributed by atoms with Gasteiger partial charge in [0.2, 0.25) is 21.3 Å². The van der Waals surface area contributed by atoms with Gasteiger partial charge in [0.25, 0.3) is 5.91 Å². The Labute approximate surface area is 239 Å². The normalized spacial score (nSPS) is 18.2. The summed E-state index contributed by atoms with van der Waals surface area (Å²) in [5.41, 5.74) is -0.553. The summed E-state index contributed by atoms with van der Waals surface area (Å²) >= 11 is 0. The number of rotatable bonds is 5. The molecule has 1 saturated carbocycles. The van der Waals surface area contributed by atoms with Crippen LogP contribution in [0.15, 0.2) is 59.8 Å². The van der Waals surface area contributed by atoms with Crippen molar-refractivity contribution in [3.05, 3.63) is 77.5 Å². The van der Waals surface area contributed by atoms with Gasteiger partial charge in [-0.1, -0.05) is 0 Å². The molecular formula is C28H26F4N4O5S. The average Bonchev–Trinajstić information content (AvgIpc) is 3.71. The van der Waals surface area contributed by atoms with E-state index in [9.17, 15) is 30.8 Å². The van der Waals surface area contributed by atoms with Crippen LogP contribution in [0, 0.1) is 5.82 Å². The summed E-state index contributed by atoms with van der Waals surface area (Å²) in [5.74, 6) is -3.34. The number of amides is 1. The molecule has 0 saturated heterocycles. The molecule has 0 bridgehead atoms. The first kappa shape index (κ1) is 29.3. The van der Waals surface area contributed by atoms with Crippen molar-refractivity contribution in [3.8, 4) is 17.1 Å². The third kappa shape index (κ3) is 6.49. The Kier molecular flexibility index (Phi) is 8.10. The number of fused-ring (bicyclic) bond motifs is 2. The highest BCUT2D eigenvalue weighted by Crippen LogP contribution is 2.40. The Morgan fingerprint density at radius 1 is 1.12 bits per heavy atom. The lowest BCUT2D eigenvalue weighted by Crippen LogP contribution is -2.25. The SMILES string of the molecule is COc1ccc(-c2ccc3cnc(CNC(=O)c4cc(F)c5c(c4)S(=O)(=O)[C@@H](F)COC5)cc3n2)nc1.FC1(F)CC1.[HH]. The zero-order chi connectivity index (χ0) is 30.1. The summed E-state index contributed by atoms with van der Waals surface area (Å²) in [6.45, 7) is -1.16. The summed E-state index contributed by atoms with van der Waals surface area (Å²) in [6.07, 6.45) is 3.43. The van der Waals surface area contributed by atoms with E-state index in [2.05, 4.69) is 20.3 Å². The Hall–Kier alpha value is -4.17. The molecule has 0 radical (unpaired) electrons. The maximum Gasteiger partial charge on any atom is 0.251 e. The minimum absolute atomic E-state index is 0. The predicted octanol–water partition coefficient (Wildman–Crippen LogP) is 5.03. The minimum Gasteiger partial charge on any atom is -0.495 e. The topological polar surface area (TPSA) is 120 Å². The van der Waals surface area contributed by atoms with Crippen molar-refractivity contribution >= 4 is 26.6 Å². The smallest absolute Gasteiger partial charge is 0.251 e. The first-order chi connectivity index (χ1) is 20.0. The summed E-state index contributed by atoms with van der Waals surface area (Å²) in [6, 6.07) is 10.8. The number of carbonyl (C=O) groups is 1. The summed E-state index contributed by atoms with van der Waals surface area (Å²) in [4.78, 5) is 25.4. The average molecular weight is 607 g/mol. The second-order valence-electron chi connectivity index (χ2n) is 9.59. The molecule has 1 aliphatic carbocycles. The fraction of sp³-hybridized carbons (Fsp3) is 0.286. The summed E-state index contributed by atoms with van der Waals surface area (Å²) in [5, 5.41) is 3.36. The third-order valence-corrected chi connectivity index (χ3v) is 8.26. The van der Waals surface area contributed by atoms with Gasteiger partial charge in [0, 0.05) is 37.0 Å². The molecule has 6 rings (SSSR count). The van der Waals surface area contributed by atoms with Gasteiger partial charge in [-0.3, -0.25) is 14.8 Å². The quantitative estimate of drug-likeness (QED) is 0.314. The number of methoxy groups -OCH3 is 1. The molecule has 42 heavy (non-hydrogen) atoms. The lowest BCUT2D eigenvalue weighted by molar-refractivity contribution is 0.0938. The molecule has 0 spiro atoms. The van der Waals surface area contributed by atoms with Crippen LogP contribution >= 0.6 is 0 Å². The summed E-state index contributed by atoms with van der Waals surface area (Å²) < 4.78 is 85.9. The van der Waals surface area contributed by atoms with Crippen LogP contribution in [0.2, 0.25) is 0 Å². The number of halogens is 4. The number of nitrogens with zero attached hydrogens (tertiary/aromatic N) is 3. The van der Waals surface area contributed by atoms with Crippen molar-refractivity contribution in [3.63, 3.8) is 0 Å². The van der Waals surface area contributed by atoms with Gasteiger partial charge in [0.05, 0.1) is 60.6 Å². The minimum atomic E-state index is -4.50. The van der Waals surface area contributed by atoms with Crippen molar-refractivity contribution in [2.24, 2.45) is 0 Å². The van der Waals surface area contributed by atoms with Crippen molar-refractivity contribution in [1.82, 2.24) is 20.3 Å². The van der Waals surface area contributed by atoms with E-state index in [1.54, 1.807) is 37.7 Å². The maximum absolute atomic E-state index is 14.6. The van der Waals surface area contributed by atoms with E-state index in [1.165, 1.54) is 0 Å². The van der Waals surface area contributed by atoms with Crippen molar-refractivity contribution in [2.45, 2.75) is 42.3 Å². The number of benzene rings is 1. The van der Waals surface area contributed by atoms with Crippen LogP contribution in [0.4, 0.5) is 17.6 Å². The lowest BCUT2D eigenvalue weighted by Gasteiger charge is -2.11. The molecule has 4 aromatic rings. The largest absolute Gasteiger partial charge is 0.495 e. The Bertz CT molecular complexity index is 1750. The number of aromatic nitrogens is 3. The molecular weight excluding hydrogens is 580 g/mol. The molecule has 1 N–H and O–H groups in total. The van der Waals surface area contributed by atoms with Crippen LogP contribution in [-0.4, -0.2) is 54.4 Å². The second-order valence-corrected chi connectivity index (χ2v) is 11.6. The molecule has 1 amide bonds. The highest BCUT2D eigenvalue weighted by Gasteiger charge is 2.43. The Balaban J connectivity index is 0.000000641. The third-order valence-electron chi connectivity index (χ3n) is 6.48. The van der Waals surface area contributed by atoms with E-state index < -0.39 is 51.1 Å². The van der Waals surface area contributed by atoms with Crippen molar-refractivity contribution in [2.75, 3.05) is 13.7 Å². The molecule has 14 heteroatoms. The van der Waals surface area contributed by atoms with Crippen molar-refractivity contribution in [1.29, 1.82) is 0 Å². The Morgan fingerprint density at radius 3 is 2.52 bits per heavy atom. The number of nitrogens with one attached hydrogen (secondary N) is 1. The van der Waals surface area contributed by atoms with Gasteiger partial charge in [-0.2, -0.15) is 0 Å². The zero-order valence-electron chi connectivity index (χ0n) is 22.1. The summed E-state index contributed by atoms with van der Waals surface area (Å²) in [7, 11) is -2.95. The van der Waals surface area contributed by atoms with E-state index in [-0.39, 0.29) is 31.9 Å². The second kappa shape index (κ2) is 11.6. The van der Waals surface area contributed by atoms with Gasteiger partial charge >= 0.3 is 0 Å². The fourth-order valence-electron chi connectivity index (χ4n) is 3.93. The van der Waals surface area contributed by atoms with Crippen LogP contribution in [0.1, 0.15) is 35.9 Å². The van der Waals surface area contributed by atoms with Gasteiger partial charge in [0.1, 0.15) is 11.6 Å².